The van der Waals surface area contributed by atoms with Crippen LogP contribution in [0, 0.1) is 0 Å². The van der Waals surface area contributed by atoms with Crippen molar-refractivity contribution in [2.75, 3.05) is 13.6 Å². The number of halogens is 2. The summed E-state index contributed by atoms with van der Waals surface area (Å²) in [7, 11) is 1.48. The highest BCUT2D eigenvalue weighted by Crippen LogP contribution is 2.21. The van der Waals surface area contributed by atoms with E-state index in [-0.39, 0.29) is 30.7 Å². The predicted molar refractivity (Wildman–Crippen MR) is 66.9 cm³/mol. The van der Waals surface area contributed by atoms with Crippen molar-refractivity contribution in [1.29, 1.82) is 0 Å². The van der Waals surface area contributed by atoms with E-state index >= 15 is 0 Å². The summed E-state index contributed by atoms with van der Waals surface area (Å²) in [5, 5.41) is 8.52. The Bertz CT molecular complexity index is 479. The number of carbonyl (C=O) groups is 2. The van der Waals surface area contributed by atoms with Gasteiger partial charge in [-0.25, -0.2) is 0 Å². The van der Waals surface area contributed by atoms with Gasteiger partial charge in [0.2, 0.25) is 0 Å². The van der Waals surface area contributed by atoms with Crippen molar-refractivity contribution in [2.45, 2.75) is 19.5 Å². The van der Waals surface area contributed by atoms with Gasteiger partial charge in [-0.15, -0.1) is 0 Å². The first-order valence-corrected chi connectivity index (χ1v) is 5.93. The highest BCUT2D eigenvalue weighted by molar-refractivity contribution is 5.96. The van der Waals surface area contributed by atoms with Crippen LogP contribution in [-0.4, -0.2) is 42.1 Å². The molecule has 0 saturated carbocycles. The van der Waals surface area contributed by atoms with E-state index < -0.39 is 18.5 Å². The molecule has 7 heteroatoms. The SMILES string of the molecule is CN(CCCC(=O)O)C(=O)c1ccccc1OC(F)F. The number of hydrogen-bond donors (Lipinski definition) is 1. The van der Waals surface area contributed by atoms with Crippen LogP contribution in [0.4, 0.5) is 8.78 Å². The maximum Gasteiger partial charge on any atom is 0.387 e. The third-order valence-corrected chi connectivity index (χ3v) is 2.56. The Balaban J connectivity index is 2.73. The molecule has 1 N–H and O–H groups in total. The van der Waals surface area contributed by atoms with E-state index in [2.05, 4.69) is 4.74 Å². The number of carboxylic acids is 1. The summed E-state index contributed by atoms with van der Waals surface area (Å²) in [6.45, 7) is -2.80. The van der Waals surface area contributed by atoms with E-state index in [1.165, 1.54) is 36.2 Å². The summed E-state index contributed by atoms with van der Waals surface area (Å²) >= 11 is 0. The van der Waals surface area contributed by atoms with Crippen molar-refractivity contribution in [2.24, 2.45) is 0 Å². The van der Waals surface area contributed by atoms with Crippen LogP contribution in [0.2, 0.25) is 0 Å². The van der Waals surface area contributed by atoms with Crippen molar-refractivity contribution in [3.8, 4) is 5.75 Å². The van der Waals surface area contributed by atoms with E-state index in [0.29, 0.717) is 0 Å². The Morgan fingerprint density at radius 3 is 2.60 bits per heavy atom. The summed E-state index contributed by atoms with van der Waals surface area (Å²) in [6.07, 6.45) is 0.224. The quantitative estimate of drug-likeness (QED) is 0.835. The van der Waals surface area contributed by atoms with Crippen molar-refractivity contribution >= 4 is 11.9 Å². The summed E-state index contributed by atoms with van der Waals surface area (Å²) in [5.41, 5.74) is 0.0191. The Labute approximate surface area is 114 Å². The first kappa shape index (κ1) is 15.9. The van der Waals surface area contributed by atoms with Gasteiger partial charge in [-0.1, -0.05) is 12.1 Å². The van der Waals surface area contributed by atoms with E-state index in [1.807, 2.05) is 0 Å². The second-order valence-corrected chi connectivity index (χ2v) is 4.10. The smallest absolute Gasteiger partial charge is 0.387 e. The molecule has 1 rings (SSSR count). The molecule has 0 saturated heterocycles. The average Bonchev–Trinajstić information content (AvgIpc) is 2.37. The molecule has 1 aromatic carbocycles. The Morgan fingerprint density at radius 1 is 1.35 bits per heavy atom. The van der Waals surface area contributed by atoms with Gasteiger partial charge in [-0.2, -0.15) is 8.78 Å². The lowest BCUT2D eigenvalue weighted by Gasteiger charge is -2.18. The molecule has 5 nitrogen and oxygen atoms in total. The Hall–Kier alpha value is -2.18. The molecule has 110 valence electrons. The number of ether oxygens (including phenoxy) is 1. The molecule has 0 fully saturated rings. The van der Waals surface area contributed by atoms with Crippen LogP contribution in [0.3, 0.4) is 0 Å². The Morgan fingerprint density at radius 2 is 2.00 bits per heavy atom. The minimum absolute atomic E-state index is 0.0191. The fourth-order valence-corrected chi connectivity index (χ4v) is 1.62. The van der Waals surface area contributed by atoms with Gasteiger partial charge in [0, 0.05) is 20.0 Å². The number of nitrogens with zero attached hydrogens (tertiary/aromatic N) is 1. The van der Waals surface area contributed by atoms with Gasteiger partial charge < -0.3 is 14.7 Å². The minimum atomic E-state index is -3.01. The van der Waals surface area contributed by atoms with Crippen molar-refractivity contribution in [3.63, 3.8) is 0 Å². The van der Waals surface area contributed by atoms with Gasteiger partial charge in [-0.3, -0.25) is 9.59 Å². The van der Waals surface area contributed by atoms with Crippen LogP contribution in [-0.2, 0) is 4.79 Å². The van der Waals surface area contributed by atoms with Crippen LogP contribution in [0.25, 0.3) is 0 Å². The fraction of sp³-hybridized carbons (Fsp3) is 0.385. The second kappa shape index (κ2) is 7.42. The zero-order chi connectivity index (χ0) is 15.1. The van der Waals surface area contributed by atoms with Gasteiger partial charge >= 0.3 is 12.6 Å². The minimum Gasteiger partial charge on any atom is -0.481 e. The Kier molecular flexibility index (Phi) is 5.89. The molecular formula is C13H15F2NO4. The van der Waals surface area contributed by atoms with Gasteiger partial charge in [-0.05, 0) is 18.6 Å². The molecule has 0 spiro atoms. The third-order valence-electron chi connectivity index (χ3n) is 2.56. The highest BCUT2D eigenvalue weighted by atomic mass is 19.3. The lowest BCUT2D eigenvalue weighted by molar-refractivity contribution is -0.137. The number of para-hydroxylation sites is 1. The van der Waals surface area contributed by atoms with Gasteiger partial charge in [0.25, 0.3) is 5.91 Å². The molecule has 1 aromatic rings. The van der Waals surface area contributed by atoms with E-state index in [9.17, 15) is 18.4 Å². The molecule has 0 bridgehead atoms. The number of carbonyl (C=O) groups excluding carboxylic acids is 1. The van der Waals surface area contributed by atoms with Crippen molar-refractivity contribution < 1.29 is 28.2 Å². The number of alkyl halides is 2. The number of amides is 1. The normalized spacial score (nSPS) is 10.4. The first-order chi connectivity index (χ1) is 9.41. The number of carboxylic acid groups (broad SMARTS) is 1. The molecule has 20 heavy (non-hydrogen) atoms. The number of hydrogen-bond acceptors (Lipinski definition) is 3. The average molecular weight is 287 g/mol. The molecule has 0 aliphatic rings. The molecule has 0 heterocycles. The van der Waals surface area contributed by atoms with Crippen LogP contribution in [0.1, 0.15) is 23.2 Å². The topological polar surface area (TPSA) is 66.8 Å². The highest BCUT2D eigenvalue weighted by Gasteiger charge is 2.18. The second-order valence-electron chi connectivity index (χ2n) is 4.10. The van der Waals surface area contributed by atoms with Crippen molar-refractivity contribution in [3.05, 3.63) is 29.8 Å². The van der Waals surface area contributed by atoms with E-state index in [1.54, 1.807) is 0 Å². The molecule has 0 unspecified atom stereocenters. The molecule has 1 amide bonds. The summed E-state index contributed by atoms with van der Waals surface area (Å²) in [6, 6.07) is 5.69. The monoisotopic (exact) mass is 287 g/mol. The molecular weight excluding hydrogens is 272 g/mol. The predicted octanol–water partition coefficient (Wildman–Crippen LogP) is 2.22. The maximum absolute atomic E-state index is 12.2. The lowest BCUT2D eigenvalue weighted by atomic mass is 10.1. The van der Waals surface area contributed by atoms with Gasteiger partial charge in [0.1, 0.15) is 5.75 Å². The lowest BCUT2D eigenvalue weighted by Crippen LogP contribution is -2.28. The molecule has 0 aromatic heterocycles. The van der Waals surface area contributed by atoms with Crippen LogP contribution < -0.4 is 4.74 Å². The van der Waals surface area contributed by atoms with Crippen LogP contribution in [0.15, 0.2) is 24.3 Å². The van der Waals surface area contributed by atoms with Crippen LogP contribution >= 0.6 is 0 Å². The zero-order valence-electron chi connectivity index (χ0n) is 10.9. The third kappa shape index (κ3) is 4.83. The molecule has 0 aliphatic carbocycles. The maximum atomic E-state index is 12.2. The molecule has 0 aliphatic heterocycles. The van der Waals surface area contributed by atoms with Crippen LogP contribution in [0.5, 0.6) is 5.75 Å². The standard InChI is InChI=1S/C13H15F2NO4/c1-16(8-4-7-11(17)18)12(19)9-5-2-3-6-10(9)20-13(14)15/h2-3,5-6,13H,4,7-8H2,1H3,(H,17,18). The fourth-order valence-electron chi connectivity index (χ4n) is 1.62. The summed E-state index contributed by atoms with van der Waals surface area (Å²) < 4.78 is 28.8. The van der Waals surface area contributed by atoms with E-state index in [0.717, 1.165) is 0 Å². The van der Waals surface area contributed by atoms with Gasteiger partial charge in [0.15, 0.2) is 0 Å². The zero-order valence-corrected chi connectivity index (χ0v) is 10.9. The summed E-state index contributed by atoms with van der Waals surface area (Å²) in [4.78, 5) is 23.7. The largest absolute Gasteiger partial charge is 0.481 e. The molecule has 0 atom stereocenters. The summed E-state index contributed by atoms with van der Waals surface area (Å²) in [5.74, 6) is -1.64. The first-order valence-electron chi connectivity index (χ1n) is 5.93. The number of rotatable bonds is 7. The number of benzene rings is 1. The molecule has 0 radical (unpaired) electrons. The van der Waals surface area contributed by atoms with E-state index in [4.69, 9.17) is 5.11 Å². The van der Waals surface area contributed by atoms with Crippen molar-refractivity contribution in [1.82, 2.24) is 4.90 Å². The van der Waals surface area contributed by atoms with Gasteiger partial charge in [0.05, 0.1) is 5.56 Å². The number of aliphatic carboxylic acids is 1.